The van der Waals surface area contributed by atoms with Gasteiger partial charge < -0.3 is 0 Å². The van der Waals surface area contributed by atoms with Crippen LogP contribution in [0.25, 0.3) is 17.2 Å². The quantitative estimate of drug-likeness (QED) is 0.663. The molecule has 0 fully saturated rings. The summed E-state index contributed by atoms with van der Waals surface area (Å²) in [6, 6.07) is 13.5. The summed E-state index contributed by atoms with van der Waals surface area (Å²) in [6.45, 7) is 4.87. The van der Waals surface area contributed by atoms with Crippen molar-refractivity contribution in [2.45, 2.75) is 37.9 Å². The van der Waals surface area contributed by atoms with Crippen molar-refractivity contribution in [1.82, 2.24) is 0 Å². The van der Waals surface area contributed by atoms with E-state index in [0.717, 1.165) is 0 Å². The van der Waals surface area contributed by atoms with Crippen LogP contribution in [0.5, 0.6) is 0 Å². The number of allylic oxidation sites excluding steroid dienone is 1. The summed E-state index contributed by atoms with van der Waals surface area (Å²) in [5, 5.41) is 0. The topological polar surface area (TPSA) is 0 Å². The van der Waals surface area contributed by atoms with Gasteiger partial charge in [0.2, 0.25) is 0 Å². The van der Waals surface area contributed by atoms with Crippen molar-refractivity contribution in [2.24, 2.45) is 0 Å². The first-order valence-electron chi connectivity index (χ1n) is 7.98. The molecule has 0 spiro atoms. The van der Waals surface area contributed by atoms with E-state index in [4.69, 9.17) is 0 Å². The molecule has 105 valence electrons. The zero-order valence-corrected chi connectivity index (χ0v) is 13.8. The number of fused-ring (bicyclic) bond motifs is 2. The SMILES string of the molecule is C[Si](C)C1C=Cc2c1cc1c(c2-c2ccccc2)CCC1. The lowest BCUT2D eigenvalue weighted by Gasteiger charge is -2.19. The monoisotopic (exact) mass is 289 g/mol. The van der Waals surface area contributed by atoms with Gasteiger partial charge in [0.1, 0.15) is 0 Å². The Morgan fingerprint density at radius 3 is 2.62 bits per heavy atom. The Kier molecular flexibility index (Phi) is 3.11. The van der Waals surface area contributed by atoms with Gasteiger partial charge in [0.05, 0.1) is 8.80 Å². The van der Waals surface area contributed by atoms with Gasteiger partial charge in [-0.1, -0.05) is 61.6 Å². The third-order valence-electron chi connectivity index (χ3n) is 4.95. The van der Waals surface area contributed by atoms with Crippen LogP contribution in [-0.2, 0) is 12.8 Å². The third kappa shape index (κ3) is 2.03. The molecule has 0 amide bonds. The van der Waals surface area contributed by atoms with E-state index in [-0.39, 0.29) is 8.80 Å². The average molecular weight is 289 g/mol. The van der Waals surface area contributed by atoms with E-state index in [9.17, 15) is 0 Å². The molecule has 2 aromatic carbocycles. The molecule has 0 aromatic heterocycles. The fraction of sp³-hybridized carbons (Fsp3) is 0.300. The maximum absolute atomic E-state index is 2.53. The summed E-state index contributed by atoms with van der Waals surface area (Å²) in [6.07, 6.45) is 8.70. The predicted octanol–water partition coefficient (Wildman–Crippen LogP) is 5.25. The molecule has 0 heterocycles. The number of hydrogen-bond donors (Lipinski definition) is 0. The van der Waals surface area contributed by atoms with Crippen molar-refractivity contribution in [3.05, 3.63) is 64.7 Å². The summed E-state index contributed by atoms with van der Waals surface area (Å²) in [7, 11) is -0.326. The van der Waals surface area contributed by atoms with Crippen molar-refractivity contribution in [3.8, 4) is 11.1 Å². The van der Waals surface area contributed by atoms with Crippen LogP contribution in [-0.4, -0.2) is 8.80 Å². The van der Waals surface area contributed by atoms with E-state index in [1.807, 2.05) is 0 Å². The highest BCUT2D eigenvalue weighted by Crippen LogP contribution is 2.44. The van der Waals surface area contributed by atoms with Crippen LogP contribution in [0.4, 0.5) is 0 Å². The van der Waals surface area contributed by atoms with Gasteiger partial charge in [0.25, 0.3) is 0 Å². The molecule has 0 bridgehead atoms. The van der Waals surface area contributed by atoms with Gasteiger partial charge in [0, 0.05) is 0 Å². The van der Waals surface area contributed by atoms with E-state index in [0.29, 0.717) is 5.54 Å². The average Bonchev–Trinajstić information content (AvgIpc) is 3.11. The van der Waals surface area contributed by atoms with E-state index >= 15 is 0 Å². The minimum absolute atomic E-state index is 0.326. The fourth-order valence-corrected chi connectivity index (χ4v) is 5.30. The van der Waals surface area contributed by atoms with Crippen LogP contribution in [0.15, 0.2) is 42.5 Å². The van der Waals surface area contributed by atoms with Crippen molar-refractivity contribution in [1.29, 1.82) is 0 Å². The lowest BCUT2D eigenvalue weighted by Crippen LogP contribution is -2.13. The summed E-state index contributed by atoms with van der Waals surface area (Å²) in [5.41, 5.74) is 9.97. The summed E-state index contributed by atoms with van der Waals surface area (Å²) in [4.78, 5) is 0. The number of aryl methyl sites for hydroxylation is 1. The van der Waals surface area contributed by atoms with Gasteiger partial charge in [-0.15, -0.1) is 0 Å². The molecule has 4 rings (SSSR count). The molecular weight excluding hydrogens is 268 g/mol. The Morgan fingerprint density at radius 2 is 1.86 bits per heavy atom. The largest absolute Gasteiger partial charge is 0.0794 e. The first kappa shape index (κ1) is 13.1. The van der Waals surface area contributed by atoms with Crippen LogP contribution in [0.3, 0.4) is 0 Å². The highest BCUT2D eigenvalue weighted by Gasteiger charge is 2.28. The second-order valence-electron chi connectivity index (χ2n) is 6.53. The van der Waals surface area contributed by atoms with Crippen LogP contribution < -0.4 is 0 Å². The highest BCUT2D eigenvalue weighted by atomic mass is 28.3. The Hall–Kier alpha value is -1.60. The molecule has 0 nitrogen and oxygen atoms in total. The smallest absolute Gasteiger partial charge is 0.0548 e. The molecular formula is C20H21Si. The van der Waals surface area contributed by atoms with Crippen molar-refractivity contribution in [2.75, 3.05) is 0 Å². The molecule has 1 unspecified atom stereocenters. The molecule has 1 atom stereocenters. The van der Waals surface area contributed by atoms with E-state index in [1.165, 1.54) is 36.0 Å². The molecule has 0 aliphatic heterocycles. The third-order valence-corrected chi connectivity index (χ3v) is 6.69. The number of rotatable bonds is 2. The Balaban J connectivity index is 1.98. The van der Waals surface area contributed by atoms with Crippen molar-refractivity contribution < 1.29 is 0 Å². The molecule has 21 heavy (non-hydrogen) atoms. The van der Waals surface area contributed by atoms with E-state index in [2.05, 4.69) is 61.6 Å². The number of hydrogen-bond acceptors (Lipinski definition) is 0. The first-order chi connectivity index (χ1) is 10.3. The summed E-state index contributed by atoms with van der Waals surface area (Å²) < 4.78 is 0. The molecule has 2 aliphatic carbocycles. The lowest BCUT2D eigenvalue weighted by atomic mass is 9.89. The van der Waals surface area contributed by atoms with E-state index < -0.39 is 0 Å². The van der Waals surface area contributed by atoms with Crippen LogP contribution in [0.2, 0.25) is 13.1 Å². The Bertz CT molecular complexity index is 710. The predicted molar refractivity (Wildman–Crippen MR) is 93.2 cm³/mol. The van der Waals surface area contributed by atoms with E-state index in [1.54, 1.807) is 16.7 Å². The highest BCUT2D eigenvalue weighted by molar-refractivity contribution is 6.58. The molecule has 1 radical (unpaired) electrons. The second kappa shape index (κ2) is 4.99. The molecule has 2 aromatic rings. The van der Waals surface area contributed by atoms with Crippen molar-refractivity contribution >= 4 is 14.9 Å². The van der Waals surface area contributed by atoms with Gasteiger partial charge in [-0.2, -0.15) is 0 Å². The Labute approximate surface area is 129 Å². The molecule has 0 N–H and O–H groups in total. The van der Waals surface area contributed by atoms with Gasteiger partial charge in [-0.3, -0.25) is 0 Å². The molecule has 0 saturated carbocycles. The van der Waals surface area contributed by atoms with Crippen LogP contribution in [0.1, 0.15) is 34.2 Å². The van der Waals surface area contributed by atoms with Crippen LogP contribution in [0, 0.1) is 0 Å². The molecule has 1 heteroatoms. The summed E-state index contributed by atoms with van der Waals surface area (Å²) in [5.74, 6) is 0. The number of benzene rings is 2. The van der Waals surface area contributed by atoms with Crippen LogP contribution >= 0.6 is 0 Å². The normalized spacial score (nSPS) is 19.1. The van der Waals surface area contributed by atoms with Gasteiger partial charge in [-0.05, 0) is 58.2 Å². The minimum atomic E-state index is -0.326. The van der Waals surface area contributed by atoms with Gasteiger partial charge >= 0.3 is 0 Å². The minimum Gasteiger partial charge on any atom is -0.0794 e. The zero-order chi connectivity index (χ0) is 14.4. The van der Waals surface area contributed by atoms with Gasteiger partial charge in [-0.25, -0.2) is 0 Å². The fourth-order valence-electron chi connectivity index (χ4n) is 3.96. The maximum atomic E-state index is 2.53. The summed E-state index contributed by atoms with van der Waals surface area (Å²) >= 11 is 0. The molecule has 0 saturated heterocycles. The van der Waals surface area contributed by atoms with Gasteiger partial charge in [0.15, 0.2) is 0 Å². The Morgan fingerprint density at radius 1 is 1.05 bits per heavy atom. The zero-order valence-electron chi connectivity index (χ0n) is 12.8. The maximum Gasteiger partial charge on any atom is 0.0548 e. The molecule has 2 aliphatic rings. The second-order valence-corrected chi connectivity index (χ2v) is 9.30. The lowest BCUT2D eigenvalue weighted by molar-refractivity contribution is 0.912. The standard InChI is InChI=1S/C20H21Si/c1-21(2)19-12-11-17-18(19)13-15-9-6-10-16(15)20(17)14-7-4-3-5-8-14/h3-5,7-8,11-13,19H,6,9-10H2,1-2H3. The first-order valence-corrected chi connectivity index (χ1v) is 10.6. The van der Waals surface area contributed by atoms with Crippen molar-refractivity contribution in [3.63, 3.8) is 0 Å².